The van der Waals surface area contributed by atoms with Gasteiger partial charge in [0.1, 0.15) is 5.75 Å². The van der Waals surface area contributed by atoms with Gasteiger partial charge in [0, 0.05) is 5.69 Å². The SMILES string of the molecule is C[C@@H](Oc1cccc(C#N)c1)C(=O)Nc1ccc2ccccc2c1. The topological polar surface area (TPSA) is 62.1 Å². The highest BCUT2D eigenvalue weighted by Gasteiger charge is 2.15. The van der Waals surface area contributed by atoms with E-state index in [0.29, 0.717) is 11.3 Å². The molecule has 1 N–H and O–H groups in total. The lowest BCUT2D eigenvalue weighted by molar-refractivity contribution is -0.122. The summed E-state index contributed by atoms with van der Waals surface area (Å²) in [4.78, 5) is 12.3. The zero-order valence-corrected chi connectivity index (χ0v) is 13.2. The second kappa shape index (κ2) is 6.84. The largest absolute Gasteiger partial charge is 0.481 e. The number of amides is 1. The van der Waals surface area contributed by atoms with Crippen LogP contribution in [-0.4, -0.2) is 12.0 Å². The first kappa shape index (κ1) is 15.6. The molecule has 0 heterocycles. The average molecular weight is 316 g/mol. The number of hydrogen-bond acceptors (Lipinski definition) is 3. The van der Waals surface area contributed by atoms with Crippen LogP contribution in [0.3, 0.4) is 0 Å². The van der Waals surface area contributed by atoms with E-state index in [1.807, 2.05) is 48.5 Å². The Morgan fingerprint density at radius 3 is 2.62 bits per heavy atom. The van der Waals surface area contributed by atoms with Crippen LogP contribution in [0.1, 0.15) is 12.5 Å². The van der Waals surface area contributed by atoms with E-state index in [-0.39, 0.29) is 5.91 Å². The molecule has 0 aliphatic heterocycles. The molecule has 0 aromatic heterocycles. The number of carbonyl (C=O) groups is 1. The maximum atomic E-state index is 12.3. The minimum Gasteiger partial charge on any atom is -0.481 e. The second-order valence-corrected chi connectivity index (χ2v) is 5.45. The van der Waals surface area contributed by atoms with Crippen LogP contribution in [0.25, 0.3) is 10.8 Å². The Bertz CT molecular complexity index is 928. The first-order valence-corrected chi connectivity index (χ1v) is 7.62. The smallest absolute Gasteiger partial charge is 0.265 e. The number of ether oxygens (including phenoxy) is 1. The first-order valence-electron chi connectivity index (χ1n) is 7.62. The molecule has 0 saturated heterocycles. The Balaban J connectivity index is 1.69. The van der Waals surface area contributed by atoms with Crippen molar-refractivity contribution in [3.05, 3.63) is 72.3 Å². The van der Waals surface area contributed by atoms with Crippen molar-refractivity contribution in [2.45, 2.75) is 13.0 Å². The van der Waals surface area contributed by atoms with Crippen molar-refractivity contribution in [3.63, 3.8) is 0 Å². The third-order valence-electron chi connectivity index (χ3n) is 3.66. The third-order valence-corrected chi connectivity index (χ3v) is 3.66. The van der Waals surface area contributed by atoms with Crippen molar-refractivity contribution in [1.29, 1.82) is 5.26 Å². The fraction of sp³-hybridized carbons (Fsp3) is 0.100. The highest BCUT2D eigenvalue weighted by atomic mass is 16.5. The number of fused-ring (bicyclic) bond motifs is 1. The molecule has 3 rings (SSSR count). The lowest BCUT2D eigenvalue weighted by atomic mass is 10.1. The molecule has 0 saturated carbocycles. The van der Waals surface area contributed by atoms with Gasteiger partial charge in [-0.25, -0.2) is 0 Å². The molecule has 0 bridgehead atoms. The summed E-state index contributed by atoms with van der Waals surface area (Å²) in [5.74, 6) is 0.253. The summed E-state index contributed by atoms with van der Waals surface area (Å²) in [6.45, 7) is 1.68. The summed E-state index contributed by atoms with van der Waals surface area (Å²) >= 11 is 0. The fourth-order valence-corrected chi connectivity index (χ4v) is 2.41. The minimum atomic E-state index is -0.676. The lowest BCUT2D eigenvalue weighted by Gasteiger charge is -2.15. The van der Waals surface area contributed by atoms with E-state index in [1.165, 1.54) is 0 Å². The van der Waals surface area contributed by atoms with Gasteiger partial charge in [0.15, 0.2) is 6.10 Å². The summed E-state index contributed by atoms with van der Waals surface area (Å²) in [7, 11) is 0. The molecule has 1 atom stereocenters. The number of benzene rings is 3. The molecule has 3 aromatic carbocycles. The van der Waals surface area contributed by atoms with Crippen LogP contribution in [-0.2, 0) is 4.79 Å². The summed E-state index contributed by atoms with van der Waals surface area (Å²) in [6, 6.07) is 22.5. The third kappa shape index (κ3) is 3.53. The maximum absolute atomic E-state index is 12.3. The van der Waals surface area contributed by atoms with Gasteiger partial charge in [-0.1, -0.05) is 36.4 Å². The molecule has 3 aromatic rings. The number of carbonyl (C=O) groups excluding carboxylic acids is 1. The van der Waals surface area contributed by atoms with Crippen LogP contribution in [0, 0.1) is 11.3 Å². The maximum Gasteiger partial charge on any atom is 0.265 e. The molecular weight excluding hydrogens is 300 g/mol. The number of nitrogens with zero attached hydrogens (tertiary/aromatic N) is 1. The van der Waals surface area contributed by atoms with Crippen LogP contribution in [0.5, 0.6) is 5.75 Å². The molecule has 1 amide bonds. The predicted octanol–water partition coefficient (Wildman–Crippen LogP) is 4.12. The summed E-state index contributed by atoms with van der Waals surface area (Å²) in [5, 5.41) is 13.9. The van der Waals surface area contributed by atoms with Crippen LogP contribution < -0.4 is 10.1 Å². The Labute approximate surface area is 140 Å². The van der Waals surface area contributed by atoms with E-state index in [0.717, 1.165) is 16.5 Å². The number of nitriles is 1. The Morgan fingerprint density at radius 2 is 1.83 bits per heavy atom. The van der Waals surface area contributed by atoms with E-state index < -0.39 is 6.10 Å². The van der Waals surface area contributed by atoms with Gasteiger partial charge in [-0.15, -0.1) is 0 Å². The van der Waals surface area contributed by atoms with Crippen molar-refractivity contribution in [1.82, 2.24) is 0 Å². The number of hydrogen-bond donors (Lipinski definition) is 1. The quantitative estimate of drug-likeness (QED) is 0.787. The Hall–Kier alpha value is -3.32. The molecule has 4 nitrogen and oxygen atoms in total. The molecule has 24 heavy (non-hydrogen) atoms. The Kier molecular flexibility index (Phi) is 4.44. The molecule has 0 unspecified atom stereocenters. The van der Waals surface area contributed by atoms with Gasteiger partial charge in [-0.05, 0) is 48.0 Å². The summed E-state index contributed by atoms with van der Waals surface area (Å²) in [5.41, 5.74) is 1.22. The van der Waals surface area contributed by atoms with Crippen molar-refractivity contribution in [3.8, 4) is 11.8 Å². The van der Waals surface area contributed by atoms with Crippen molar-refractivity contribution in [2.75, 3.05) is 5.32 Å². The number of rotatable bonds is 4. The zero-order chi connectivity index (χ0) is 16.9. The normalized spacial score (nSPS) is 11.5. The fourth-order valence-electron chi connectivity index (χ4n) is 2.41. The van der Waals surface area contributed by atoms with Gasteiger partial charge < -0.3 is 10.1 Å². The molecule has 0 spiro atoms. The Morgan fingerprint density at radius 1 is 1.04 bits per heavy atom. The van der Waals surface area contributed by atoms with E-state index in [1.54, 1.807) is 31.2 Å². The van der Waals surface area contributed by atoms with Gasteiger partial charge in [-0.3, -0.25) is 4.79 Å². The molecule has 4 heteroatoms. The minimum absolute atomic E-state index is 0.243. The average Bonchev–Trinajstić information content (AvgIpc) is 2.61. The van der Waals surface area contributed by atoms with Crippen LogP contribution >= 0.6 is 0 Å². The zero-order valence-electron chi connectivity index (χ0n) is 13.2. The van der Waals surface area contributed by atoms with Gasteiger partial charge in [0.05, 0.1) is 11.6 Å². The van der Waals surface area contributed by atoms with Crippen LogP contribution in [0.2, 0.25) is 0 Å². The van der Waals surface area contributed by atoms with Gasteiger partial charge in [0.25, 0.3) is 5.91 Å². The molecule has 0 fully saturated rings. The van der Waals surface area contributed by atoms with Crippen molar-refractivity contribution in [2.24, 2.45) is 0 Å². The molecule has 0 aliphatic carbocycles. The monoisotopic (exact) mass is 316 g/mol. The van der Waals surface area contributed by atoms with Gasteiger partial charge in [0.2, 0.25) is 0 Å². The van der Waals surface area contributed by atoms with Gasteiger partial charge in [-0.2, -0.15) is 5.26 Å². The van der Waals surface area contributed by atoms with E-state index >= 15 is 0 Å². The van der Waals surface area contributed by atoms with Crippen molar-refractivity contribution < 1.29 is 9.53 Å². The highest BCUT2D eigenvalue weighted by molar-refractivity contribution is 5.96. The van der Waals surface area contributed by atoms with Crippen molar-refractivity contribution >= 4 is 22.4 Å². The van der Waals surface area contributed by atoms with Gasteiger partial charge >= 0.3 is 0 Å². The molecule has 118 valence electrons. The molecular formula is C20H16N2O2. The first-order chi connectivity index (χ1) is 11.7. The van der Waals surface area contributed by atoms with Crippen LogP contribution in [0.4, 0.5) is 5.69 Å². The molecule has 0 radical (unpaired) electrons. The van der Waals surface area contributed by atoms with Crippen LogP contribution in [0.15, 0.2) is 66.7 Å². The highest BCUT2D eigenvalue weighted by Crippen LogP contribution is 2.20. The second-order valence-electron chi connectivity index (χ2n) is 5.45. The number of anilines is 1. The summed E-state index contributed by atoms with van der Waals surface area (Å²) in [6.07, 6.45) is -0.676. The van der Waals surface area contributed by atoms with E-state index in [4.69, 9.17) is 10.00 Å². The standard InChI is InChI=1S/C20H16N2O2/c1-14(24-19-8-4-5-15(11-19)13-21)20(23)22-18-10-9-16-6-2-3-7-17(16)12-18/h2-12,14H,1H3,(H,22,23)/t14-/m1/s1. The summed E-state index contributed by atoms with van der Waals surface area (Å²) < 4.78 is 5.62. The van der Waals surface area contributed by atoms with E-state index in [9.17, 15) is 4.79 Å². The predicted molar refractivity (Wildman–Crippen MR) is 93.8 cm³/mol. The number of nitrogens with one attached hydrogen (secondary N) is 1. The lowest BCUT2D eigenvalue weighted by Crippen LogP contribution is -2.30. The molecule has 0 aliphatic rings. The van der Waals surface area contributed by atoms with E-state index in [2.05, 4.69) is 5.32 Å².